The van der Waals surface area contributed by atoms with Crippen LogP contribution in [0.2, 0.25) is 0 Å². The van der Waals surface area contributed by atoms with E-state index in [0.29, 0.717) is 5.92 Å². The molecule has 1 atom stereocenters. The minimum absolute atomic E-state index is 0.688. The van der Waals surface area contributed by atoms with Crippen molar-refractivity contribution in [2.75, 3.05) is 0 Å². The third kappa shape index (κ3) is 2.69. The molecule has 65 valence electrons. The van der Waals surface area contributed by atoms with Gasteiger partial charge in [-0.3, -0.25) is 0 Å². The Hall–Kier alpha value is -0.780. The van der Waals surface area contributed by atoms with Crippen molar-refractivity contribution < 1.29 is 0 Å². The fraction of sp³-hybridized carbons (Fsp3) is 0.417. The van der Waals surface area contributed by atoms with E-state index in [2.05, 4.69) is 44.2 Å². The van der Waals surface area contributed by atoms with Crippen LogP contribution in [0.3, 0.4) is 0 Å². The summed E-state index contributed by atoms with van der Waals surface area (Å²) in [6, 6.07) is 10.7. The lowest BCUT2D eigenvalue weighted by molar-refractivity contribution is 0.639. The van der Waals surface area contributed by atoms with E-state index in [-0.39, 0.29) is 0 Å². The molecule has 0 saturated heterocycles. The van der Waals surface area contributed by atoms with Crippen molar-refractivity contribution >= 4 is 0 Å². The van der Waals surface area contributed by atoms with E-state index in [9.17, 15) is 0 Å². The fourth-order valence-corrected chi connectivity index (χ4v) is 1.40. The van der Waals surface area contributed by atoms with Crippen LogP contribution in [0.4, 0.5) is 0 Å². The second-order valence-electron chi connectivity index (χ2n) is 3.31. The predicted molar refractivity (Wildman–Crippen MR) is 54.1 cm³/mol. The Balaban J connectivity index is 2.48. The van der Waals surface area contributed by atoms with Gasteiger partial charge < -0.3 is 0 Å². The van der Waals surface area contributed by atoms with Crippen LogP contribution >= 0.6 is 0 Å². The molecule has 0 spiro atoms. The van der Waals surface area contributed by atoms with E-state index in [1.165, 1.54) is 18.4 Å². The topological polar surface area (TPSA) is 0 Å². The normalized spacial score (nSPS) is 12.8. The molecule has 0 nitrogen and oxygen atoms in total. The second-order valence-corrected chi connectivity index (χ2v) is 3.31. The van der Waals surface area contributed by atoms with Crippen LogP contribution in [-0.2, 0) is 0 Å². The minimum Gasteiger partial charge on any atom is -0.0622 e. The smallest absolute Gasteiger partial charge is 0.0190 e. The predicted octanol–water partition coefficient (Wildman–Crippen LogP) is 3.79. The molecule has 0 aliphatic heterocycles. The zero-order valence-corrected chi connectivity index (χ0v) is 7.79. The highest BCUT2D eigenvalue weighted by Gasteiger charge is 2.02. The fourth-order valence-electron chi connectivity index (χ4n) is 1.40. The lowest BCUT2D eigenvalue weighted by Gasteiger charge is -2.10. The van der Waals surface area contributed by atoms with Crippen LogP contribution in [-0.4, -0.2) is 0 Å². The van der Waals surface area contributed by atoms with E-state index in [1.807, 2.05) is 0 Å². The van der Waals surface area contributed by atoms with Crippen LogP contribution in [0.15, 0.2) is 30.3 Å². The van der Waals surface area contributed by atoms with Gasteiger partial charge in [0, 0.05) is 0 Å². The van der Waals surface area contributed by atoms with Gasteiger partial charge >= 0.3 is 0 Å². The molecule has 0 fully saturated rings. The van der Waals surface area contributed by atoms with E-state index in [4.69, 9.17) is 0 Å². The first kappa shape index (κ1) is 9.31. The first-order valence-corrected chi connectivity index (χ1v) is 4.68. The van der Waals surface area contributed by atoms with Gasteiger partial charge in [0.2, 0.25) is 0 Å². The molecule has 1 radical (unpaired) electrons. The molecule has 1 aromatic rings. The molecular formula is C12H17. The van der Waals surface area contributed by atoms with Gasteiger partial charge in [0.05, 0.1) is 0 Å². The van der Waals surface area contributed by atoms with Crippen molar-refractivity contribution in [2.24, 2.45) is 0 Å². The average Bonchev–Trinajstić information content (AvgIpc) is 2.15. The van der Waals surface area contributed by atoms with Crippen LogP contribution in [0.5, 0.6) is 0 Å². The SMILES string of the molecule is [CH2]CCCC(C)c1ccccc1. The number of benzene rings is 1. The van der Waals surface area contributed by atoms with Gasteiger partial charge in [0.15, 0.2) is 0 Å². The monoisotopic (exact) mass is 161 g/mol. The zero-order chi connectivity index (χ0) is 8.81. The summed E-state index contributed by atoms with van der Waals surface area (Å²) in [6.07, 6.45) is 3.54. The summed E-state index contributed by atoms with van der Waals surface area (Å²) in [5, 5.41) is 0. The third-order valence-corrected chi connectivity index (χ3v) is 2.26. The highest BCUT2D eigenvalue weighted by Crippen LogP contribution is 2.20. The molecule has 0 aliphatic rings. The van der Waals surface area contributed by atoms with Gasteiger partial charge in [-0.1, -0.05) is 57.0 Å². The number of hydrogen-bond acceptors (Lipinski definition) is 0. The Morgan fingerprint density at radius 1 is 1.25 bits per heavy atom. The Morgan fingerprint density at radius 3 is 2.50 bits per heavy atom. The maximum absolute atomic E-state index is 3.85. The maximum atomic E-state index is 3.85. The summed E-state index contributed by atoms with van der Waals surface area (Å²) in [5.74, 6) is 0.688. The lowest BCUT2D eigenvalue weighted by Crippen LogP contribution is -1.92. The summed E-state index contributed by atoms with van der Waals surface area (Å²) < 4.78 is 0. The molecule has 0 bridgehead atoms. The molecule has 0 aliphatic carbocycles. The molecular weight excluding hydrogens is 144 g/mol. The van der Waals surface area contributed by atoms with Crippen molar-refractivity contribution in [1.82, 2.24) is 0 Å². The molecule has 1 aromatic carbocycles. The molecule has 0 N–H and O–H groups in total. The number of rotatable bonds is 4. The largest absolute Gasteiger partial charge is 0.0622 e. The second kappa shape index (κ2) is 4.97. The Morgan fingerprint density at radius 2 is 1.92 bits per heavy atom. The molecule has 12 heavy (non-hydrogen) atoms. The summed E-state index contributed by atoms with van der Waals surface area (Å²) in [5.41, 5.74) is 1.45. The molecule has 0 aromatic heterocycles. The quantitative estimate of drug-likeness (QED) is 0.630. The molecule has 0 amide bonds. The van der Waals surface area contributed by atoms with Gasteiger partial charge in [0.25, 0.3) is 0 Å². The van der Waals surface area contributed by atoms with Crippen molar-refractivity contribution in [3.8, 4) is 0 Å². The van der Waals surface area contributed by atoms with Gasteiger partial charge in [0.1, 0.15) is 0 Å². The summed E-state index contributed by atoms with van der Waals surface area (Å²) >= 11 is 0. The molecule has 1 unspecified atom stereocenters. The van der Waals surface area contributed by atoms with E-state index < -0.39 is 0 Å². The Bertz CT molecular complexity index is 201. The standard InChI is InChI=1S/C12H17/c1-3-4-8-11(2)12-9-6-5-7-10-12/h5-7,9-11H,1,3-4,8H2,2H3. The van der Waals surface area contributed by atoms with Crippen LogP contribution in [0.1, 0.15) is 37.7 Å². The van der Waals surface area contributed by atoms with Gasteiger partial charge in [-0.05, 0) is 17.9 Å². The summed E-state index contributed by atoms with van der Waals surface area (Å²) in [7, 11) is 0. The van der Waals surface area contributed by atoms with Crippen LogP contribution in [0, 0.1) is 6.92 Å². The van der Waals surface area contributed by atoms with Crippen molar-refractivity contribution in [2.45, 2.75) is 32.1 Å². The van der Waals surface area contributed by atoms with Gasteiger partial charge in [-0.2, -0.15) is 0 Å². The van der Waals surface area contributed by atoms with E-state index >= 15 is 0 Å². The maximum Gasteiger partial charge on any atom is -0.0190 e. The van der Waals surface area contributed by atoms with Crippen molar-refractivity contribution in [3.63, 3.8) is 0 Å². The zero-order valence-electron chi connectivity index (χ0n) is 7.79. The number of hydrogen-bond donors (Lipinski definition) is 0. The molecule has 0 heterocycles. The summed E-state index contributed by atoms with van der Waals surface area (Å²) in [6.45, 7) is 6.13. The summed E-state index contributed by atoms with van der Waals surface area (Å²) in [4.78, 5) is 0. The molecule has 1 rings (SSSR count). The highest BCUT2D eigenvalue weighted by atomic mass is 14.1. The first-order valence-electron chi connectivity index (χ1n) is 4.68. The third-order valence-electron chi connectivity index (χ3n) is 2.26. The number of unbranched alkanes of at least 4 members (excludes halogenated alkanes) is 1. The Kier molecular flexibility index (Phi) is 3.86. The minimum atomic E-state index is 0.688. The van der Waals surface area contributed by atoms with Crippen molar-refractivity contribution in [1.29, 1.82) is 0 Å². The molecule has 0 saturated carbocycles. The van der Waals surface area contributed by atoms with Crippen molar-refractivity contribution in [3.05, 3.63) is 42.8 Å². The highest BCUT2D eigenvalue weighted by molar-refractivity contribution is 5.18. The van der Waals surface area contributed by atoms with Crippen LogP contribution < -0.4 is 0 Å². The average molecular weight is 161 g/mol. The van der Waals surface area contributed by atoms with E-state index in [1.54, 1.807) is 0 Å². The van der Waals surface area contributed by atoms with Gasteiger partial charge in [-0.15, -0.1) is 0 Å². The molecule has 0 heteroatoms. The van der Waals surface area contributed by atoms with E-state index in [0.717, 1.165) is 6.42 Å². The Labute approximate surface area is 75.6 Å². The lowest BCUT2D eigenvalue weighted by atomic mass is 9.96. The van der Waals surface area contributed by atoms with Gasteiger partial charge in [-0.25, -0.2) is 0 Å². The van der Waals surface area contributed by atoms with Crippen LogP contribution in [0.25, 0.3) is 0 Å². The first-order chi connectivity index (χ1) is 5.84.